The van der Waals surface area contributed by atoms with Crippen LogP contribution in [0.1, 0.15) is 29.7 Å². The number of amides is 1. The molecule has 0 unspecified atom stereocenters. The lowest BCUT2D eigenvalue weighted by Gasteiger charge is -2.10. The zero-order valence-corrected chi connectivity index (χ0v) is 12.5. The largest absolute Gasteiger partial charge is 0.493 e. The van der Waals surface area contributed by atoms with Crippen molar-refractivity contribution in [3.05, 3.63) is 53.5 Å². The first-order valence-electron chi connectivity index (χ1n) is 7.14. The highest BCUT2D eigenvalue weighted by atomic mass is 16.5. The van der Waals surface area contributed by atoms with Crippen molar-refractivity contribution in [1.29, 1.82) is 0 Å². The Balaban J connectivity index is 1.65. The lowest BCUT2D eigenvalue weighted by Crippen LogP contribution is -2.22. The Morgan fingerprint density at radius 2 is 2.14 bits per heavy atom. The predicted octanol–water partition coefficient (Wildman–Crippen LogP) is 3.37. The van der Waals surface area contributed by atoms with Crippen molar-refractivity contribution in [1.82, 2.24) is 5.32 Å². The van der Waals surface area contributed by atoms with Gasteiger partial charge in [-0.05, 0) is 49.6 Å². The number of rotatable bonds is 7. The fourth-order valence-corrected chi connectivity index (χ4v) is 1.96. The van der Waals surface area contributed by atoms with Gasteiger partial charge in [0, 0.05) is 6.42 Å². The van der Waals surface area contributed by atoms with E-state index in [0.29, 0.717) is 26.0 Å². The van der Waals surface area contributed by atoms with Crippen molar-refractivity contribution in [2.45, 2.75) is 33.2 Å². The van der Waals surface area contributed by atoms with Gasteiger partial charge in [0.05, 0.1) is 19.4 Å². The summed E-state index contributed by atoms with van der Waals surface area (Å²) in [6.45, 7) is 5.03. The molecule has 1 amide bonds. The monoisotopic (exact) mass is 287 g/mol. The molecule has 112 valence electrons. The SMILES string of the molecule is Cc1ccc(C)c(OCCCC(=O)NCc2ccco2)c1. The van der Waals surface area contributed by atoms with Crippen molar-refractivity contribution in [3.63, 3.8) is 0 Å². The molecule has 0 saturated heterocycles. The van der Waals surface area contributed by atoms with Crippen LogP contribution < -0.4 is 10.1 Å². The first-order chi connectivity index (χ1) is 10.1. The second-order valence-corrected chi connectivity index (χ2v) is 5.08. The van der Waals surface area contributed by atoms with E-state index in [1.54, 1.807) is 12.3 Å². The number of benzene rings is 1. The number of ether oxygens (including phenoxy) is 1. The molecule has 21 heavy (non-hydrogen) atoms. The molecule has 2 aromatic rings. The smallest absolute Gasteiger partial charge is 0.220 e. The van der Waals surface area contributed by atoms with E-state index >= 15 is 0 Å². The summed E-state index contributed by atoms with van der Waals surface area (Å²) in [5.41, 5.74) is 2.29. The van der Waals surface area contributed by atoms with Gasteiger partial charge in [0.15, 0.2) is 0 Å². The second kappa shape index (κ2) is 7.53. The maximum absolute atomic E-state index is 11.7. The number of hydrogen-bond donors (Lipinski definition) is 1. The molecule has 0 spiro atoms. The van der Waals surface area contributed by atoms with E-state index in [-0.39, 0.29) is 5.91 Å². The molecule has 1 aromatic carbocycles. The third-order valence-corrected chi connectivity index (χ3v) is 3.19. The molecule has 1 N–H and O–H groups in total. The average molecular weight is 287 g/mol. The van der Waals surface area contributed by atoms with E-state index in [4.69, 9.17) is 9.15 Å². The van der Waals surface area contributed by atoms with Gasteiger partial charge in [-0.3, -0.25) is 4.79 Å². The number of nitrogens with one attached hydrogen (secondary N) is 1. The normalized spacial score (nSPS) is 10.4. The van der Waals surface area contributed by atoms with Gasteiger partial charge < -0.3 is 14.5 Å². The molecule has 1 aromatic heterocycles. The van der Waals surface area contributed by atoms with E-state index in [0.717, 1.165) is 17.1 Å². The predicted molar refractivity (Wildman–Crippen MR) is 81.2 cm³/mol. The van der Waals surface area contributed by atoms with E-state index in [9.17, 15) is 4.79 Å². The fraction of sp³-hybridized carbons (Fsp3) is 0.353. The summed E-state index contributed by atoms with van der Waals surface area (Å²) in [4.78, 5) is 11.7. The van der Waals surface area contributed by atoms with E-state index in [1.165, 1.54) is 5.56 Å². The van der Waals surface area contributed by atoms with Crippen LogP contribution in [-0.2, 0) is 11.3 Å². The molecular formula is C17H21NO3. The Hall–Kier alpha value is -2.23. The first kappa shape index (κ1) is 15.2. The molecule has 0 aliphatic heterocycles. The van der Waals surface area contributed by atoms with E-state index in [1.807, 2.05) is 32.0 Å². The number of hydrogen-bond acceptors (Lipinski definition) is 3. The number of aryl methyl sites for hydroxylation is 2. The van der Waals surface area contributed by atoms with Crippen LogP contribution in [0.5, 0.6) is 5.75 Å². The number of carbonyl (C=O) groups is 1. The quantitative estimate of drug-likeness (QED) is 0.794. The summed E-state index contributed by atoms with van der Waals surface area (Å²) in [6.07, 6.45) is 2.74. The van der Waals surface area contributed by atoms with Gasteiger partial charge in [-0.15, -0.1) is 0 Å². The minimum absolute atomic E-state index is 0.0102. The molecule has 0 bridgehead atoms. The van der Waals surface area contributed by atoms with Gasteiger partial charge in [0.25, 0.3) is 0 Å². The minimum Gasteiger partial charge on any atom is -0.493 e. The van der Waals surface area contributed by atoms with Crippen molar-refractivity contribution < 1.29 is 13.9 Å². The maximum Gasteiger partial charge on any atom is 0.220 e. The van der Waals surface area contributed by atoms with Gasteiger partial charge in [0.1, 0.15) is 11.5 Å². The topological polar surface area (TPSA) is 51.5 Å². The van der Waals surface area contributed by atoms with Gasteiger partial charge in [0.2, 0.25) is 5.91 Å². The van der Waals surface area contributed by atoms with Crippen LogP contribution >= 0.6 is 0 Å². The van der Waals surface area contributed by atoms with Crippen LogP contribution in [0.15, 0.2) is 41.0 Å². The van der Waals surface area contributed by atoms with Crippen LogP contribution in [-0.4, -0.2) is 12.5 Å². The summed E-state index contributed by atoms with van der Waals surface area (Å²) in [5.74, 6) is 1.66. The maximum atomic E-state index is 11.7. The summed E-state index contributed by atoms with van der Waals surface area (Å²) in [7, 11) is 0. The highest BCUT2D eigenvalue weighted by Crippen LogP contribution is 2.19. The third kappa shape index (κ3) is 4.99. The zero-order valence-electron chi connectivity index (χ0n) is 12.5. The molecule has 0 aliphatic rings. The van der Waals surface area contributed by atoms with Crippen molar-refractivity contribution in [2.24, 2.45) is 0 Å². The van der Waals surface area contributed by atoms with Crippen molar-refractivity contribution in [2.75, 3.05) is 6.61 Å². The number of furan rings is 1. The molecule has 4 nitrogen and oxygen atoms in total. The molecule has 0 aliphatic carbocycles. The summed E-state index contributed by atoms with van der Waals surface area (Å²) >= 11 is 0. The zero-order chi connectivity index (χ0) is 15.1. The number of carbonyl (C=O) groups excluding carboxylic acids is 1. The molecule has 0 saturated carbocycles. The molecule has 4 heteroatoms. The van der Waals surface area contributed by atoms with Gasteiger partial charge in [-0.25, -0.2) is 0 Å². The molecule has 0 radical (unpaired) electrons. The van der Waals surface area contributed by atoms with E-state index in [2.05, 4.69) is 11.4 Å². The van der Waals surface area contributed by atoms with Crippen LogP contribution in [0.4, 0.5) is 0 Å². The summed E-state index contributed by atoms with van der Waals surface area (Å²) in [6, 6.07) is 9.76. The summed E-state index contributed by atoms with van der Waals surface area (Å²) in [5, 5.41) is 2.82. The molecule has 0 fully saturated rings. The van der Waals surface area contributed by atoms with Gasteiger partial charge in [-0.2, -0.15) is 0 Å². The Morgan fingerprint density at radius 3 is 2.90 bits per heavy atom. The third-order valence-electron chi connectivity index (χ3n) is 3.19. The Kier molecular flexibility index (Phi) is 5.43. The fourth-order valence-electron chi connectivity index (χ4n) is 1.96. The lowest BCUT2D eigenvalue weighted by molar-refractivity contribution is -0.121. The van der Waals surface area contributed by atoms with Crippen molar-refractivity contribution in [3.8, 4) is 5.75 Å². The Bertz CT molecular complexity index is 576. The van der Waals surface area contributed by atoms with Crippen molar-refractivity contribution >= 4 is 5.91 Å². The lowest BCUT2D eigenvalue weighted by atomic mass is 10.1. The van der Waals surface area contributed by atoms with Crippen LogP contribution in [0.2, 0.25) is 0 Å². The van der Waals surface area contributed by atoms with Crippen LogP contribution in [0, 0.1) is 13.8 Å². The average Bonchev–Trinajstić information content (AvgIpc) is 2.98. The summed E-state index contributed by atoms with van der Waals surface area (Å²) < 4.78 is 10.9. The molecular weight excluding hydrogens is 266 g/mol. The van der Waals surface area contributed by atoms with Gasteiger partial charge >= 0.3 is 0 Å². The van der Waals surface area contributed by atoms with Gasteiger partial charge in [-0.1, -0.05) is 12.1 Å². The van der Waals surface area contributed by atoms with Crippen LogP contribution in [0.3, 0.4) is 0 Å². The highest BCUT2D eigenvalue weighted by molar-refractivity contribution is 5.75. The Morgan fingerprint density at radius 1 is 1.29 bits per heavy atom. The first-order valence-corrected chi connectivity index (χ1v) is 7.14. The minimum atomic E-state index is 0.0102. The molecule has 0 atom stereocenters. The van der Waals surface area contributed by atoms with E-state index < -0.39 is 0 Å². The highest BCUT2D eigenvalue weighted by Gasteiger charge is 2.04. The molecule has 1 heterocycles. The second-order valence-electron chi connectivity index (χ2n) is 5.08. The Labute approximate surface area is 125 Å². The molecule has 2 rings (SSSR count). The van der Waals surface area contributed by atoms with Crippen LogP contribution in [0.25, 0.3) is 0 Å². The standard InChI is InChI=1S/C17H21NO3/c1-13-7-8-14(2)16(11-13)21-10-4-6-17(19)18-12-15-5-3-9-20-15/h3,5,7-9,11H,4,6,10,12H2,1-2H3,(H,18,19).